The molecule has 170 valence electrons. The Morgan fingerprint density at radius 1 is 1.06 bits per heavy atom. The van der Waals surface area contributed by atoms with Crippen LogP contribution < -0.4 is 19.5 Å². The summed E-state index contributed by atoms with van der Waals surface area (Å²) >= 11 is 5.84. The van der Waals surface area contributed by atoms with Crippen molar-refractivity contribution in [1.29, 1.82) is 0 Å². The van der Waals surface area contributed by atoms with E-state index in [1.54, 1.807) is 20.3 Å². The minimum absolute atomic E-state index is 0.0586. The van der Waals surface area contributed by atoms with E-state index in [0.29, 0.717) is 35.9 Å². The van der Waals surface area contributed by atoms with Gasteiger partial charge < -0.3 is 14.8 Å². The molecular formula is C22H29ClN2O5S. The van der Waals surface area contributed by atoms with Gasteiger partial charge in [0.25, 0.3) is 0 Å². The SMILES string of the molecule is CCC(C)C(NS(=O)(=O)c1ccc(Cl)cc1)C(=O)NCCc1ccc(OC)c(OC)c1. The van der Waals surface area contributed by atoms with Crippen LogP contribution >= 0.6 is 11.6 Å². The summed E-state index contributed by atoms with van der Waals surface area (Å²) in [5, 5.41) is 3.27. The van der Waals surface area contributed by atoms with Gasteiger partial charge in [-0.2, -0.15) is 4.72 Å². The van der Waals surface area contributed by atoms with Crippen LogP contribution in [0.5, 0.6) is 11.5 Å². The first-order chi connectivity index (χ1) is 14.7. The fourth-order valence-electron chi connectivity index (χ4n) is 2.99. The first-order valence-corrected chi connectivity index (χ1v) is 11.8. The van der Waals surface area contributed by atoms with E-state index in [-0.39, 0.29) is 16.7 Å². The Morgan fingerprint density at radius 3 is 2.29 bits per heavy atom. The molecule has 0 aliphatic rings. The molecule has 0 aromatic heterocycles. The van der Waals surface area contributed by atoms with Crippen molar-refractivity contribution < 1.29 is 22.7 Å². The molecule has 2 unspecified atom stereocenters. The highest BCUT2D eigenvalue weighted by atomic mass is 35.5. The number of hydrogen-bond donors (Lipinski definition) is 2. The first-order valence-electron chi connectivity index (χ1n) is 9.98. The van der Waals surface area contributed by atoms with Gasteiger partial charge in [0.05, 0.1) is 19.1 Å². The van der Waals surface area contributed by atoms with E-state index >= 15 is 0 Å². The number of methoxy groups -OCH3 is 2. The molecule has 2 aromatic carbocycles. The number of carbonyl (C=O) groups is 1. The predicted octanol–water partition coefficient (Wildman–Crippen LogP) is 3.41. The van der Waals surface area contributed by atoms with Crippen LogP contribution in [0.4, 0.5) is 0 Å². The largest absolute Gasteiger partial charge is 0.493 e. The third kappa shape index (κ3) is 6.85. The highest BCUT2D eigenvalue weighted by Gasteiger charge is 2.29. The van der Waals surface area contributed by atoms with Gasteiger partial charge in [-0.1, -0.05) is 37.9 Å². The van der Waals surface area contributed by atoms with Crippen LogP contribution in [0.3, 0.4) is 0 Å². The monoisotopic (exact) mass is 468 g/mol. The smallest absolute Gasteiger partial charge is 0.241 e. The first kappa shape index (κ1) is 25.0. The Hall–Kier alpha value is -2.29. The summed E-state index contributed by atoms with van der Waals surface area (Å²) in [5.74, 6) is 0.679. The fourth-order valence-corrected chi connectivity index (χ4v) is 4.42. The number of halogens is 1. The van der Waals surface area contributed by atoms with Gasteiger partial charge in [-0.3, -0.25) is 4.79 Å². The molecule has 9 heteroatoms. The van der Waals surface area contributed by atoms with Crippen molar-refractivity contribution >= 4 is 27.5 Å². The summed E-state index contributed by atoms with van der Waals surface area (Å²) in [5.41, 5.74) is 0.958. The van der Waals surface area contributed by atoms with Gasteiger partial charge in [0.2, 0.25) is 15.9 Å². The predicted molar refractivity (Wildman–Crippen MR) is 121 cm³/mol. The molecule has 2 atom stereocenters. The quantitative estimate of drug-likeness (QED) is 0.527. The summed E-state index contributed by atoms with van der Waals surface area (Å²) in [6.07, 6.45) is 1.19. The number of carbonyl (C=O) groups excluding carboxylic acids is 1. The van der Waals surface area contributed by atoms with Crippen LogP contribution in [0.1, 0.15) is 25.8 Å². The molecule has 31 heavy (non-hydrogen) atoms. The van der Waals surface area contributed by atoms with Gasteiger partial charge in [0.15, 0.2) is 11.5 Å². The normalized spacial score (nSPS) is 13.3. The number of nitrogens with one attached hydrogen (secondary N) is 2. The van der Waals surface area contributed by atoms with E-state index in [0.717, 1.165) is 5.56 Å². The van der Waals surface area contributed by atoms with Crippen molar-refractivity contribution in [2.45, 2.75) is 37.6 Å². The lowest BCUT2D eigenvalue weighted by atomic mass is 9.99. The van der Waals surface area contributed by atoms with Crippen molar-refractivity contribution in [1.82, 2.24) is 10.0 Å². The third-order valence-corrected chi connectivity index (χ3v) is 6.77. The molecule has 0 spiro atoms. The van der Waals surface area contributed by atoms with E-state index in [4.69, 9.17) is 21.1 Å². The molecule has 0 fully saturated rings. The number of benzene rings is 2. The number of hydrogen-bond acceptors (Lipinski definition) is 5. The van der Waals surface area contributed by atoms with Gasteiger partial charge >= 0.3 is 0 Å². The van der Waals surface area contributed by atoms with Crippen LogP contribution in [-0.4, -0.2) is 41.1 Å². The maximum atomic E-state index is 12.8. The lowest BCUT2D eigenvalue weighted by Crippen LogP contribution is -2.50. The average Bonchev–Trinajstić information content (AvgIpc) is 2.77. The molecule has 2 N–H and O–H groups in total. The van der Waals surface area contributed by atoms with Crippen LogP contribution in [-0.2, 0) is 21.2 Å². The second-order valence-corrected chi connectivity index (χ2v) is 9.32. The molecule has 0 radical (unpaired) electrons. The highest BCUT2D eigenvalue weighted by molar-refractivity contribution is 7.89. The molecule has 0 saturated carbocycles. The van der Waals surface area contributed by atoms with Crippen LogP contribution in [0.2, 0.25) is 5.02 Å². The second-order valence-electron chi connectivity index (χ2n) is 7.17. The number of ether oxygens (including phenoxy) is 2. The zero-order valence-corrected chi connectivity index (χ0v) is 19.7. The van der Waals surface area contributed by atoms with Crippen LogP contribution in [0.15, 0.2) is 47.4 Å². The molecule has 0 bridgehead atoms. The van der Waals surface area contributed by atoms with E-state index in [1.807, 2.05) is 26.0 Å². The molecule has 2 rings (SSSR count). The molecule has 2 aromatic rings. The highest BCUT2D eigenvalue weighted by Crippen LogP contribution is 2.27. The van der Waals surface area contributed by atoms with Gasteiger partial charge in [-0.15, -0.1) is 0 Å². The third-order valence-electron chi connectivity index (χ3n) is 5.06. The molecule has 0 heterocycles. The van der Waals surface area contributed by atoms with E-state index in [2.05, 4.69) is 10.0 Å². The molecule has 0 saturated heterocycles. The average molecular weight is 469 g/mol. The maximum Gasteiger partial charge on any atom is 0.241 e. The van der Waals surface area contributed by atoms with E-state index in [1.165, 1.54) is 24.3 Å². The molecule has 7 nitrogen and oxygen atoms in total. The zero-order chi connectivity index (χ0) is 23.0. The Morgan fingerprint density at radius 2 is 1.71 bits per heavy atom. The summed E-state index contributed by atoms with van der Waals surface area (Å²) in [6.45, 7) is 4.10. The summed E-state index contributed by atoms with van der Waals surface area (Å²) < 4.78 is 38.6. The fraction of sp³-hybridized carbons (Fsp3) is 0.409. The standard InChI is InChI=1S/C22H29ClN2O5S/c1-5-15(2)21(25-31(27,28)18-9-7-17(23)8-10-18)22(26)24-13-12-16-6-11-19(29-3)20(14-16)30-4/h6-11,14-15,21,25H,5,12-13H2,1-4H3,(H,24,26). The minimum Gasteiger partial charge on any atom is -0.493 e. The van der Waals surface area contributed by atoms with Crippen molar-refractivity contribution in [2.75, 3.05) is 20.8 Å². The van der Waals surface area contributed by atoms with Crippen molar-refractivity contribution in [2.24, 2.45) is 5.92 Å². The van der Waals surface area contributed by atoms with Crippen LogP contribution in [0.25, 0.3) is 0 Å². The number of rotatable bonds is 11. The summed E-state index contributed by atoms with van der Waals surface area (Å²) in [7, 11) is -0.740. The summed E-state index contributed by atoms with van der Waals surface area (Å²) in [4.78, 5) is 12.9. The minimum atomic E-state index is -3.87. The molecule has 0 aliphatic heterocycles. The van der Waals surface area contributed by atoms with Gasteiger partial charge in [-0.05, 0) is 54.3 Å². The van der Waals surface area contributed by atoms with Gasteiger partial charge in [-0.25, -0.2) is 8.42 Å². The lowest BCUT2D eigenvalue weighted by molar-refractivity contribution is -0.123. The van der Waals surface area contributed by atoms with E-state index in [9.17, 15) is 13.2 Å². The maximum absolute atomic E-state index is 12.8. The second kappa shape index (κ2) is 11.4. The molecule has 1 amide bonds. The number of amides is 1. The summed E-state index contributed by atoms with van der Waals surface area (Å²) in [6, 6.07) is 10.5. The number of sulfonamides is 1. The Balaban J connectivity index is 2.05. The van der Waals surface area contributed by atoms with Crippen molar-refractivity contribution in [3.63, 3.8) is 0 Å². The van der Waals surface area contributed by atoms with Gasteiger partial charge in [0.1, 0.15) is 6.04 Å². The lowest BCUT2D eigenvalue weighted by Gasteiger charge is -2.23. The molecular weight excluding hydrogens is 440 g/mol. The zero-order valence-electron chi connectivity index (χ0n) is 18.1. The topological polar surface area (TPSA) is 93.7 Å². The van der Waals surface area contributed by atoms with Crippen LogP contribution in [0, 0.1) is 5.92 Å². The Labute approximate surface area is 189 Å². The van der Waals surface area contributed by atoms with Crippen molar-refractivity contribution in [3.05, 3.63) is 53.1 Å². The van der Waals surface area contributed by atoms with E-state index < -0.39 is 16.1 Å². The molecule has 0 aliphatic carbocycles. The Kier molecular flexibility index (Phi) is 9.15. The Bertz CT molecular complexity index is 980. The van der Waals surface area contributed by atoms with Crippen molar-refractivity contribution in [3.8, 4) is 11.5 Å². The van der Waals surface area contributed by atoms with Gasteiger partial charge in [0, 0.05) is 11.6 Å².